The molecule has 1 amide bonds. The van der Waals surface area contributed by atoms with E-state index in [4.69, 9.17) is 4.52 Å². The van der Waals surface area contributed by atoms with E-state index in [9.17, 15) is 13.2 Å². The number of carbonyl (C=O) groups is 1. The number of hydrogen-bond donors (Lipinski definition) is 1. The molecule has 0 radical (unpaired) electrons. The molecule has 1 unspecified atom stereocenters. The number of nitrogens with zero attached hydrogens (tertiary/aromatic N) is 4. The lowest BCUT2D eigenvalue weighted by Gasteiger charge is -2.36. The van der Waals surface area contributed by atoms with Crippen molar-refractivity contribution in [1.29, 1.82) is 0 Å². The second-order valence-corrected chi connectivity index (χ2v) is 9.48. The minimum Gasteiger partial charge on any atom is -0.355 e. The van der Waals surface area contributed by atoms with Gasteiger partial charge in [0.1, 0.15) is 0 Å². The van der Waals surface area contributed by atoms with Crippen molar-refractivity contribution in [2.75, 3.05) is 33.2 Å². The molecule has 3 aromatic rings. The summed E-state index contributed by atoms with van der Waals surface area (Å²) < 4.78 is 33.0. The van der Waals surface area contributed by atoms with Crippen molar-refractivity contribution in [2.24, 2.45) is 0 Å². The number of benzene rings is 2. The van der Waals surface area contributed by atoms with E-state index in [0.29, 0.717) is 43.5 Å². The summed E-state index contributed by atoms with van der Waals surface area (Å²) >= 11 is 0. The quantitative estimate of drug-likeness (QED) is 0.607. The lowest BCUT2D eigenvalue weighted by atomic mass is 10.2. The Morgan fingerprint density at radius 3 is 2.31 bits per heavy atom. The van der Waals surface area contributed by atoms with Crippen LogP contribution in [0.4, 0.5) is 0 Å². The van der Waals surface area contributed by atoms with Crippen LogP contribution in [0.2, 0.25) is 0 Å². The minimum absolute atomic E-state index is 0.128. The van der Waals surface area contributed by atoms with E-state index in [-0.39, 0.29) is 16.8 Å². The van der Waals surface area contributed by atoms with Crippen molar-refractivity contribution in [3.8, 4) is 11.4 Å². The van der Waals surface area contributed by atoms with Gasteiger partial charge in [0.15, 0.2) is 0 Å². The van der Waals surface area contributed by atoms with Gasteiger partial charge >= 0.3 is 0 Å². The van der Waals surface area contributed by atoms with Crippen LogP contribution >= 0.6 is 0 Å². The monoisotopic (exact) mass is 455 g/mol. The van der Waals surface area contributed by atoms with E-state index >= 15 is 0 Å². The number of piperazine rings is 1. The molecule has 0 spiro atoms. The average Bonchev–Trinajstić information content (AvgIpc) is 3.34. The lowest BCUT2D eigenvalue weighted by Crippen LogP contribution is -2.49. The van der Waals surface area contributed by atoms with E-state index < -0.39 is 10.0 Å². The molecule has 1 fully saturated rings. The molecule has 1 N–H and O–H groups in total. The van der Waals surface area contributed by atoms with Gasteiger partial charge < -0.3 is 9.84 Å². The Balaban J connectivity index is 1.40. The molecule has 1 aliphatic rings. The Labute approximate surface area is 187 Å². The van der Waals surface area contributed by atoms with Crippen LogP contribution in [0, 0.1) is 0 Å². The molecule has 4 rings (SSSR count). The molecule has 0 saturated carbocycles. The SMILES string of the molecule is CNC(=O)c1ccc(S(=O)(=O)N2CCN(C(C)c3nc(-c4ccccc4)no3)CC2)cc1. The zero-order chi connectivity index (χ0) is 22.7. The standard InChI is InChI=1S/C22H25N5O4S/c1-16(22-24-20(25-31-22)17-6-4-3-5-7-17)26-12-14-27(15-13-26)32(29,30)19-10-8-18(9-11-19)21(28)23-2/h3-11,16H,12-15H2,1-2H3,(H,23,28). The molecule has 9 nitrogen and oxygen atoms in total. The zero-order valence-electron chi connectivity index (χ0n) is 17.9. The highest BCUT2D eigenvalue weighted by molar-refractivity contribution is 7.89. The van der Waals surface area contributed by atoms with Gasteiger partial charge in [0, 0.05) is 44.4 Å². The number of nitrogens with one attached hydrogen (secondary N) is 1. The van der Waals surface area contributed by atoms with Gasteiger partial charge in [-0.25, -0.2) is 8.42 Å². The van der Waals surface area contributed by atoms with Gasteiger partial charge in [0.25, 0.3) is 5.91 Å². The predicted octanol–water partition coefficient (Wildman–Crippen LogP) is 2.16. The summed E-state index contributed by atoms with van der Waals surface area (Å²) in [6.07, 6.45) is 0. The summed E-state index contributed by atoms with van der Waals surface area (Å²) in [5, 5.41) is 6.60. The molecule has 0 bridgehead atoms. The lowest BCUT2D eigenvalue weighted by molar-refractivity contribution is 0.0963. The first-order chi connectivity index (χ1) is 15.4. The van der Waals surface area contributed by atoms with Crippen LogP contribution in [0.25, 0.3) is 11.4 Å². The molecule has 2 aromatic carbocycles. The maximum atomic E-state index is 13.0. The average molecular weight is 456 g/mol. The Morgan fingerprint density at radius 1 is 1.03 bits per heavy atom. The molecule has 32 heavy (non-hydrogen) atoms. The van der Waals surface area contributed by atoms with Crippen LogP contribution in [-0.2, 0) is 10.0 Å². The highest BCUT2D eigenvalue weighted by Crippen LogP contribution is 2.25. The van der Waals surface area contributed by atoms with Gasteiger partial charge in [0.05, 0.1) is 10.9 Å². The first-order valence-corrected chi connectivity index (χ1v) is 11.8. The van der Waals surface area contributed by atoms with Crippen LogP contribution in [0.5, 0.6) is 0 Å². The third-order valence-corrected chi connectivity index (χ3v) is 7.55. The molecule has 2 heterocycles. The highest BCUT2D eigenvalue weighted by atomic mass is 32.2. The van der Waals surface area contributed by atoms with E-state index in [0.717, 1.165) is 5.56 Å². The van der Waals surface area contributed by atoms with E-state index in [2.05, 4.69) is 20.4 Å². The predicted molar refractivity (Wildman–Crippen MR) is 118 cm³/mol. The van der Waals surface area contributed by atoms with Gasteiger partial charge in [-0.2, -0.15) is 9.29 Å². The van der Waals surface area contributed by atoms with E-state index in [1.807, 2.05) is 37.3 Å². The fourth-order valence-corrected chi connectivity index (χ4v) is 5.09. The van der Waals surface area contributed by atoms with Gasteiger partial charge in [-0.3, -0.25) is 9.69 Å². The summed E-state index contributed by atoms with van der Waals surface area (Å²) in [4.78, 5) is 18.5. The van der Waals surface area contributed by atoms with Crippen LogP contribution in [0.3, 0.4) is 0 Å². The van der Waals surface area contributed by atoms with Gasteiger partial charge in [0.2, 0.25) is 21.7 Å². The van der Waals surface area contributed by atoms with Gasteiger partial charge in [-0.1, -0.05) is 35.5 Å². The highest BCUT2D eigenvalue weighted by Gasteiger charge is 2.32. The van der Waals surface area contributed by atoms with Gasteiger partial charge in [-0.15, -0.1) is 0 Å². The smallest absolute Gasteiger partial charge is 0.251 e. The Bertz CT molecular complexity index is 1170. The maximum Gasteiger partial charge on any atom is 0.251 e. The Morgan fingerprint density at radius 2 is 1.69 bits per heavy atom. The third kappa shape index (κ3) is 4.43. The summed E-state index contributed by atoms with van der Waals surface area (Å²) in [7, 11) is -2.10. The molecule has 1 aromatic heterocycles. The van der Waals surface area contributed by atoms with E-state index in [1.165, 1.54) is 35.6 Å². The number of amides is 1. The number of sulfonamides is 1. The molecular weight excluding hydrogens is 430 g/mol. The van der Waals surface area contributed by atoms with Crippen LogP contribution in [0.1, 0.15) is 29.2 Å². The van der Waals surface area contributed by atoms with Crippen molar-refractivity contribution in [3.63, 3.8) is 0 Å². The molecule has 10 heteroatoms. The van der Waals surface area contributed by atoms with Crippen molar-refractivity contribution < 1.29 is 17.7 Å². The van der Waals surface area contributed by atoms with Crippen LogP contribution in [0.15, 0.2) is 64.0 Å². The minimum atomic E-state index is -3.63. The fourth-order valence-electron chi connectivity index (χ4n) is 3.67. The van der Waals surface area contributed by atoms with Crippen molar-refractivity contribution in [1.82, 2.24) is 24.7 Å². The normalized spacial score (nSPS) is 16.6. The molecule has 0 aliphatic carbocycles. The Hall–Kier alpha value is -3.08. The number of aromatic nitrogens is 2. The summed E-state index contributed by atoms with van der Waals surface area (Å²) in [6, 6.07) is 15.5. The summed E-state index contributed by atoms with van der Waals surface area (Å²) in [5.74, 6) is 0.784. The summed E-state index contributed by atoms with van der Waals surface area (Å²) in [5.41, 5.74) is 1.30. The fraction of sp³-hybridized carbons (Fsp3) is 0.318. The van der Waals surface area contributed by atoms with E-state index in [1.54, 1.807) is 0 Å². The number of carbonyl (C=O) groups excluding carboxylic acids is 1. The maximum absolute atomic E-state index is 13.0. The molecule has 168 valence electrons. The molecule has 1 aliphatic heterocycles. The largest absolute Gasteiger partial charge is 0.355 e. The van der Waals surface area contributed by atoms with Crippen LogP contribution < -0.4 is 5.32 Å². The van der Waals surface area contributed by atoms with Crippen molar-refractivity contribution in [3.05, 3.63) is 66.1 Å². The molecule has 1 saturated heterocycles. The topological polar surface area (TPSA) is 109 Å². The first kappa shape index (κ1) is 22.1. The number of hydrogen-bond acceptors (Lipinski definition) is 7. The van der Waals surface area contributed by atoms with Crippen LogP contribution in [-0.4, -0.2) is 66.9 Å². The second kappa shape index (κ2) is 9.19. The van der Waals surface area contributed by atoms with Crippen molar-refractivity contribution in [2.45, 2.75) is 17.9 Å². The second-order valence-electron chi connectivity index (χ2n) is 7.54. The van der Waals surface area contributed by atoms with Gasteiger partial charge in [-0.05, 0) is 31.2 Å². The Kier molecular flexibility index (Phi) is 6.35. The third-order valence-electron chi connectivity index (χ3n) is 5.63. The van der Waals surface area contributed by atoms with Crippen molar-refractivity contribution >= 4 is 15.9 Å². The summed E-state index contributed by atoms with van der Waals surface area (Å²) in [6.45, 7) is 3.76. The molecular formula is C22H25N5O4S. The first-order valence-electron chi connectivity index (χ1n) is 10.4. The zero-order valence-corrected chi connectivity index (χ0v) is 18.7. The number of rotatable bonds is 6. The molecule has 1 atom stereocenters.